The van der Waals surface area contributed by atoms with Crippen LogP contribution < -0.4 is 39.5 Å². The molecular formula is C23H43Cl3N8O. The van der Waals surface area contributed by atoms with Crippen LogP contribution in [0.2, 0.25) is 10.6 Å². The van der Waals surface area contributed by atoms with Crippen LogP contribution in [0.4, 0.5) is 5.95 Å². The minimum Gasteiger partial charge on any atom is -1.00 e. The van der Waals surface area contributed by atoms with Crippen LogP contribution in [0.1, 0.15) is 96.8 Å². The van der Waals surface area contributed by atoms with Crippen molar-refractivity contribution in [3.05, 3.63) is 10.6 Å². The highest BCUT2D eigenvalue weighted by atomic mass is 35.5. The van der Waals surface area contributed by atoms with E-state index >= 15 is 0 Å². The van der Waals surface area contributed by atoms with Crippen molar-refractivity contribution in [1.29, 1.82) is 0 Å². The van der Waals surface area contributed by atoms with Gasteiger partial charge >= 0.3 is 5.96 Å². The first-order valence-electron chi connectivity index (χ1n) is 12.7. The van der Waals surface area contributed by atoms with Gasteiger partial charge < -0.3 is 23.0 Å². The number of nitrogens with zero attached hydrogens (tertiary/aromatic N) is 3. The first kappa shape index (κ1) is 33.4. The average molecular weight is 554 g/mol. The first-order chi connectivity index (χ1) is 16.4. The minimum absolute atomic E-state index is 0. The second-order valence-corrected chi connectivity index (χ2v) is 9.27. The summed E-state index contributed by atoms with van der Waals surface area (Å²) in [7, 11) is 0. The topological polar surface area (TPSA) is 146 Å². The molecule has 1 aromatic heterocycles. The van der Waals surface area contributed by atoms with Crippen molar-refractivity contribution in [2.24, 2.45) is 11.5 Å². The molecule has 0 aliphatic heterocycles. The number of rotatable bonds is 20. The van der Waals surface area contributed by atoms with Crippen LogP contribution >= 0.6 is 23.2 Å². The van der Waals surface area contributed by atoms with E-state index in [4.69, 9.17) is 34.7 Å². The van der Waals surface area contributed by atoms with Crippen molar-refractivity contribution in [2.75, 3.05) is 18.4 Å². The van der Waals surface area contributed by atoms with Gasteiger partial charge in [-0.1, -0.05) is 77.6 Å². The van der Waals surface area contributed by atoms with Gasteiger partial charge in [-0.15, -0.1) is 0 Å². The lowest BCUT2D eigenvalue weighted by Gasteiger charge is -2.18. The van der Waals surface area contributed by atoms with E-state index in [1.54, 1.807) is 0 Å². The van der Waals surface area contributed by atoms with Crippen molar-refractivity contribution < 1.29 is 22.2 Å². The van der Waals surface area contributed by atoms with E-state index in [0.717, 1.165) is 12.8 Å². The molecule has 1 aromatic rings. The van der Waals surface area contributed by atoms with Crippen molar-refractivity contribution in [2.45, 2.75) is 103 Å². The maximum atomic E-state index is 12.8. The number of anilines is 1. The molecule has 9 nitrogen and oxygen atoms in total. The zero-order chi connectivity index (χ0) is 25.0. The number of guanidine groups is 1. The number of nitrogens with one attached hydrogen (secondary N) is 3. The number of unbranched alkanes of at least 4 members (excludes halogenated alkanes) is 11. The standard InChI is InChI=1S/C23H42Cl2N8O.ClH/c1-2-3-4-5-6-7-8-9-10-11-12-13-16-28-19(34)18(15-14-17-29-22(26)27)30-23-32-20(24)31-21(25)33-23;/h18H,2-17H2,1H3,(H,28,34)(H4,26,27,29)(H,30,31,32,33);1H/t18-;/m0./s1. The molecule has 0 unspecified atom stereocenters. The van der Waals surface area contributed by atoms with Gasteiger partial charge in [0.15, 0.2) is 0 Å². The highest BCUT2D eigenvalue weighted by Gasteiger charge is 2.19. The highest BCUT2D eigenvalue weighted by molar-refractivity contribution is 6.31. The number of hydrogen-bond donors (Lipinski definition) is 5. The summed E-state index contributed by atoms with van der Waals surface area (Å²) >= 11 is 11.7. The summed E-state index contributed by atoms with van der Waals surface area (Å²) in [5.41, 5.74) is 10.8. The van der Waals surface area contributed by atoms with Crippen LogP contribution in [0.15, 0.2) is 0 Å². The van der Waals surface area contributed by atoms with Gasteiger partial charge in [0.05, 0.1) is 6.54 Å². The second kappa shape index (κ2) is 21.7. The monoisotopic (exact) mass is 552 g/mol. The molecule has 1 rings (SSSR count). The van der Waals surface area contributed by atoms with E-state index in [1.165, 1.54) is 64.2 Å². The molecule has 7 N–H and O–H groups in total. The number of nitrogens with two attached hydrogens (primary N) is 2. The Bertz CT molecular complexity index is 700. The predicted octanol–water partition coefficient (Wildman–Crippen LogP) is -0.0856. The molecule has 0 aliphatic carbocycles. The van der Waals surface area contributed by atoms with Crippen molar-refractivity contribution in [3.8, 4) is 0 Å². The summed E-state index contributed by atoms with van der Waals surface area (Å²) in [6.45, 7) is 3.43. The fourth-order valence-corrected chi connectivity index (χ4v) is 4.02. The molecule has 0 aliphatic rings. The van der Waals surface area contributed by atoms with Gasteiger partial charge in [0.1, 0.15) is 6.04 Å². The van der Waals surface area contributed by atoms with Gasteiger partial charge in [-0.05, 0) is 42.5 Å². The quantitative estimate of drug-likeness (QED) is 0.0862. The van der Waals surface area contributed by atoms with Gasteiger partial charge in [0.25, 0.3) is 0 Å². The summed E-state index contributed by atoms with van der Waals surface area (Å²) in [6, 6.07) is -0.548. The number of carbonyl (C=O) groups excluding carboxylic acids is 1. The van der Waals surface area contributed by atoms with E-state index in [2.05, 4.69) is 37.5 Å². The highest BCUT2D eigenvalue weighted by Crippen LogP contribution is 2.13. The van der Waals surface area contributed by atoms with Crippen LogP contribution in [0.3, 0.4) is 0 Å². The zero-order valence-corrected chi connectivity index (χ0v) is 23.2. The molecule has 0 bridgehead atoms. The lowest BCUT2D eigenvalue weighted by Crippen LogP contribution is -3.00. The third kappa shape index (κ3) is 18.4. The largest absolute Gasteiger partial charge is 1.00 e. The van der Waals surface area contributed by atoms with Gasteiger partial charge in [-0.2, -0.15) is 15.0 Å². The van der Waals surface area contributed by atoms with E-state index in [1.807, 2.05) is 0 Å². The molecule has 12 heteroatoms. The van der Waals surface area contributed by atoms with Gasteiger partial charge in [-0.3, -0.25) is 21.3 Å². The fraction of sp³-hybridized carbons (Fsp3) is 0.783. The SMILES string of the molecule is CCCCCCCCCCCCCCNC(=O)[C@H](CCC[NH+]=C(N)N)Nc1nc(Cl)nc(Cl)n1.[Cl-]. The van der Waals surface area contributed by atoms with E-state index < -0.39 is 6.04 Å². The van der Waals surface area contributed by atoms with Crippen LogP contribution in [-0.4, -0.2) is 46.0 Å². The van der Waals surface area contributed by atoms with Crippen LogP contribution in [0, 0.1) is 0 Å². The van der Waals surface area contributed by atoms with Gasteiger partial charge in [0, 0.05) is 6.54 Å². The second-order valence-electron chi connectivity index (χ2n) is 8.60. The summed E-state index contributed by atoms with van der Waals surface area (Å²) in [6.07, 6.45) is 16.5. The van der Waals surface area contributed by atoms with Gasteiger partial charge in [-0.25, -0.2) is 0 Å². The first-order valence-corrected chi connectivity index (χ1v) is 13.4. The van der Waals surface area contributed by atoms with Crippen LogP contribution in [0.25, 0.3) is 0 Å². The molecule has 0 aromatic carbocycles. The maximum Gasteiger partial charge on any atom is 0.338 e. The van der Waals surface area contributed by atoms with E-state index in [0.29, 0.717) is 25.9 Å². The predicted molar refractivity (Wildman–Crippen MR) is 140 cm³/mol. The number of amides is 1. The third-order valence-corrected chi connectivity index (χ3v) is 5.87. The lowest BCUT2D eigenvalue weighted by atomic mass is 10.1. The number of aromatic nitrogens is 3. The number of carbonyl (C=O) groups is 1. The molecule has 202 valence electrons. The van der Waals surface area contributed by atoms with Crippen LogP contribution in [-0.2, 0) is 4.79 Å². The minimum atomic E-state index is -0.548. The van der Waals surface area contributed by atoms with Crippen LogP contribution in [0.5, 0.6) is 0 Å². The Morgan fingerprint density at radius 1 is 0.857 bits per heavy atom. The number of halogens is 3. The zero-order valence-electron chi connectivity index (χ0n) is 20.9. The smallest absolute Gasteiger partial charge is 0.338 e. The summed E-state index contributed by atoms with van der Waals surface area (Å²) in [5, 5.41) is 5.94. The number of hydrogen-bond acceptors (Lipinski definition) is 5. The third-order valence-electron chi connectivity index (χ3n) is 5.53. The molecule has 0 spiro atoms. The maximum absolute atomic E-state index is 12.8. The fourth-order valence-electron chi connectivity index (χ4n) is 3.65. The Morgan fingerprint density at radius 2 is 1.37 bits per heavy atom. The Balaban J connectivity index is 0.0000116. The van der Waals surface area contributed by atoms with Crippen molar-refractivity contribution in [3.63, 3.8) is 0 Å². The molecule has 0 saturated heterocycles. The Hall–Kier alpha value is -1.58. The summed E-state index contributed by atoms with van der Waals surface area (Å²) in [4.78, 5) is 27.3. The van der Waals surface area contributed by atoms with E-state index in [9.17, 15) is 4.79 Å². The normalized spacial score (nSPS) is 11.4. The van der Waals surface area contributed by atoms with Crippen molar-refractivity contribution in [1.82, 2.24) is 20.3 Å². The molecule has 1 atom stereocenters. The Labute approximate surface area is 226 Å². The Kier molecular flexibility index (Phi) is 20.7. The molecule has 0 fully saturated rings. The molecule has 35 heavy (non-hydrogen) atoms. The molecule has 1 amide bonds. The molecule has 1 heterocycles. The summed E-state index contributed by atoms with van der Waals surface area (Å²) < 4.78 is 0. The lowest BCUT2D eigenvalue weighted by molar-refractivity contribution is -0.459. The Morgan fingerprint density at radius 3 is 1.89 bits per heavy atom. The van der Waals surface area contributed by atoms with Gasteiger partial charge in [0.2, 0.25) is 22.4 Å². The summed E-state index contributed by atoms with van der Waals surface area (Å²) in [5.74, 6) is 0.186. The van der Waals surface area contributed by atoms with E-state index in [-0.39, 0.29) is 40.8 Å². The molecule has 0 radical (unpaired) electrons. The average Bonchev–Trinajstić information content (AvgIpc) is 2.78. The molecule has 0 saturated carbocycles. The molecular weight excluding hydrogens is 511 g/mol. The van der Waals surface area contributed by atoms with Crippen molar-refractivity contribution >= 4 is 41.0 Å².